The predicted molar refractivity (Wildman–Crippen MR) is 114 cm³/mol. The highest BCUT2D eigenvalue weighted by Crippen LogP contribution is 2.33. The second-order valence-corrected chi connectivity index (χ2v) is 7.80. The van der Waals surface area contributed by atoms with Gasteiger partial charge in [-0.15, -0.1) is 0 Å². The lowest BCUT2D eigenvalue weighted by Crippen LogP contribution is -2.26. The maximum atomic E-state index is 13.5. The topological polar surface area (TPSA) is 82.6 Å². The van der Waals surface area contributed by atoms with E-state index in [9.17, 15) is 4.79 Å². The van der Waals surface area contributed by atoms with Gasteiger partial charge in [-0.3, -0.25) is 4.79 Å². The molecule has 0 atom stereocenters. The van der Waals surface area contributed by atoms with Crippen LogP contribution in [0.2, 0.25) is 0 Å². The average molecular weight is 418 g/mol. The van der Waals surface area contributed by atoms with E-state index >= 15 is 0 Å². The summed E-state index contributed by atoms with van der Waals surface area (Å²) in [5.41, 5.74) is 2.74. The fourth-order valence-corrected chi connectivity index (χ4v) is 3.71. The van der Waals surface area contributed by atoms with Crippen LogP contribution >= 0.6 is 0 Å². The van der Waals surface area contributed by atoms with Gasteiger partial charge in [0.2, 0.25) is 6.79 Å². The third-order valence-electron chi connectivity index (χ3n) is 5.26. The standard InChI is InChI=1S/C23H22N4O4/c1-14(2)27-22-17(11-24-27)16(10-18(25-22)19-5-4-8-29-19)23(28)26(3)12-15-6-7-20-21(9-15)31-13-30-20/h4-11,14H,12-13H2,1-3H3. The van der Waals surface area contributed by atoms with Gasteiger partial charge in [0.05, 0.1) is 23.4 Å². The molecule has 1 aliphatic heterocycles. The average Bonchev–Trinajstić information content (AvgIpc) is 3.52. The second-order valence-electron chi connectivity index (χ2n) is 7.80. The van der Waals surface area contributed by atoms with Gasteiger partial charge >= 0.3 is 0 Å². The van der Waals surface area contributed by atoms with E-state index in [4.69, 9.17) is 18.9 Å². The molecule has 0 fully saturated rings. The molecule has 31 heavy (non-hydrogen) atoms. The Morgan fingerprint density at radius 3 is 2.81 bits per heavy atom. The van der Waals surface area contributed by atoms with Gasteiger partial charge in [0.25, 0.3) is 5.91 Å². The zero-order valence-electron chi connectivity index (χ0n) is 17.5. The number of carbonyl (C=O) groups excluding carboxylic acids is 1. The van der Waals surface area contributed by atoms with Crippen LogP contribution in [0.25, 0.3) is 22.5 Å². The first-order valence-corrected chi connectivity index (χ1v) is 10.1. The molecule has 158 valence electrons. The molecule has 4 heterocycles. The molecule has 8 heteroatoms. The van der Waals surface area contributed by atoms with Crippen LogP contribution in [-0.4, -0.2) is 39.4 Å². The molecule has 0 unspecified atom stereocenters. The molecule has 5 rings (SSSR count). The number of amides is 1. The van der Waals surface area contributed by atoms with Crippen molar-refractivity contribution in [3.63, 3.8) is 0 Å². The lowest BCUT2D eigenvalue weighted by Gasteiger charge is -2.18. The number of ether oxygens (including phenoxy) is 2. The first-order valence-electron chi connectivity index (χ1n) is 10.1. The molecule has 0 saturated carbocycles. The van der Waals surface area contributed by atoms with Crippen LogP contribution < -0.4 is 9.47 Å². The van der Waals surface area contributed by atoms with E-state index < -0.39 is 0 Å². The van der Waals surface area contributed by atoms with Gasteiger partial charge < -0.3 is 18.8 Å². The molecule has 0 bridgehead atoms. The molecule has 8 nitrogen and oxygen atoms in total. The lowest BCUT2D eigenvalue weighted by atomic mass is 10.1. The van der Waals surface area contributed by atoms with Gasteiger partial charge in [0.15, 0.2) is 22.9 Å². The minimum Gasteiger partial charge on any atom is -0.463 e. The van der Waals surface area contributed by atoms with Crippen molar-refractivity contribution >= 4 is 16.9 Å². The van der Waals surface area contributed by atoms with Crippen LogP contribution in [0, 0.1) is 0 Å². The molecule has 4 aromatic rings. The van der Waals surface area contributed by atoms with Crippen LogP contribution in [0.1, 0.15) is 35.8 Å². The van der Waals surface area contributed by atoms with Gasteiger partial charge in [-0.2, -0.15) is 5.10 Å². The third-order valence-corrected chi connectivity index (χ3v) is 5.26. The molecule has 0 saturated heterocycles. The summed E-state index contributed by atoms with van der Waals surface area (Å²) in [6, 6.07) is 11.2. The number of hydrogen-bond acceptors (Lipinski definition) is 6. The number of carbonyl (C=O) groups is 1. The Kier molecular flexibility index (Phi) is 4.62. The van der Waals surface area contributed by atoms with E-state index in [-0.39, 0.29) is 18.7 Å². The number of furan rings is 1. The van der Waals surface area contributed by atoms with Crippen LogP contribution in [0.3, 0.4) is 0 Å². The molecule has 1 aromatic carbocycles. The number of pyridine rings is 1. The summed E-state index contributed by atoms with van der Waals surface area (Å²) in [4.78, 5) is 19.9. The fourth-order valence-electron chi connectivity index (χ4n) is 3.71. The van der Waals surface area contributed by atoms with E-state index in [2.05, 4.69) is 5.10 Å². The van der Waals surface area contributed by atoms with Gasteiger partial charge in [0, 0.05) is 19.6 Å². The highest BCUT2D eigenvalue weighted by Gasteiger charge is 2.22. The highest BCUT2D eigenvalue weighted by molar-refractivity contribution is 6.06. The van der Waals surface area contributed by atoms with Crippen LogP contribution in [0.5, 0.6) is 11.5 Å². The molecule has 1 amide bonds. The summed E-state index contributed by atoms with van der Waals surface area (Å²) in [6.45, 7) is 4.70. The highest BCUT2D eigenvalue weighted by atomic mass is 16.7. The van der Waals surface area contributed by atoms with Crippen molar-refractivity contribution < 1.29 is 18.7 Å². The van der Waals surface area contributed by atoms with Crippen molar-refractivity contribution in [3.8, 4) is 23.0 Å². The minimum atomic E-state index is -0.124. The second kappa shape index (κ2) is 7.46. The molecule has 0 spiro atoms. The first-order chi connectivity index (χ1) is 15.0. The van der Waals surface area contributed by atoms with Crippen molar-refractivity contribution in [3.05, 3.63) is 60.0 Å². The molecule has 3 aromatic heterocycles. The summed E-state index contributed by atoms with van der Waals surface area (Å²) >= 11 is 0. The smallest absolute Gasteiger partial charge is 0.254 e. The van der Waals surface area contributed by atoms with E-state index in [1.165, 1.54) is 0 Å². The Balaban J connectivity index is 1.52. The van der Waals surface area contributed by atoms with Gasteiger partial charge in [-0.1, -0.05) is 6.07 Å². The maximum Gasteiger partial charge on any atom is 0.254 e. The van der Waals surface area contributed by atoms with E-state index in [0.717, 1.165) is 11.3 Å². The van der Waals surface area contributed by atoms with Crippen LogP contribution in [-0.2, 0) is 6.54 Å². The summed E-state index contributed by atoms with van der Waals surface area (Å²) in [5, 5.41) is 5.18. The molecule has 0 aliphatic carbocycles. The molecular formula is C23H22N4O4. The monoisotopic (exact) mass is 418 g/mol. The number of benzene rings is 1. The van der Waals surface area contributed by atoms with Crippen molar-refractivity contribution in [2.75, 3.05) is 13.8 Å². The van der Waals surface area contributed by atoms with Gasteiger partial charge in [0.1, 0.15) is 5.69 Å². The van der Waals surface area contributed by atoms with Crippen molar-refractivity contribution in [1.29, 1.82) is 0 Å². The normalized spacial score (nSPS) is 12.6. The van der Waals surface area contributed by atoms with Crippen molar-refractivity contribution in [1.82, 2.24) is 19.7 Å². The number of nitrogens with zero attached hydrogens (tertiary/aromatic N) is 4. The fraction of sp³-hybridized carbons (Fsp3) is 0.261. The summed E-state index contributed by atoms with van der Waals surface area (Å²) in [6.07, 6.45) is 3.30. The van der Waals surface area contributed by atoms with Crippen LogP contribution in [0.15, 0.2) is 53.3 Å². The van der Waals surface area contributed by atoms with Crippen LogP contribution in [0.4, 0.5) is 0 Å². The number of hydrogen-bond donors (Lipinski definition) is 0. The van der Waals surface area contributed by atoms with Crippen molar-refractivity contribution in [2.45, 2.75) is 26.4 Å². The van der Waals surface area contributed by atoms with Gasteiger partial charge in [-0.25, -0.2) is 9.67 Å². The number of fused-ring (bicyclic) bond motifs is 2. The quantitative estimate of drug-likeness (QED) is 0.481. The molecular weight excluding hydrogens is 396 g/mol. The zero-order valence-corrected chi connectivity index (χ0v) is 17.5. The van der Waals surface area contributed by atoms with Crippen molar-refractivity contribution in [2.24, 2.45) is 0 Å². The van der Waals surface area contributed by atoms with Gasteiger partial charge in [-0.05, 0) is 49.7 Å². The van der Waals surface area contributed by atoms with E-state index in [0.29, 0.717) is 40.3 Å². The van der Waals surface area contributed by atoms with E-state index in [1.807, 2.05) is 42.8 Å². The zero-order chi connectivity index (χ0) is 21.5. The van der Waals surface area contributed by atoms with E-state index in [1.54, 1.807) is 36.5 Å². The Hall–Kier alpha value is -3.81. The minimum absolute atomic E-state index is 0.103. The number of aromatic nitrogens is 3. The Bertz CT molecular complexity index is 1260. The summed E-state index contributed by atoms with van der Waals surface area (Å²) in [7, 11) is 1.78. The molecule has 1 aliphatic rings. The Labute approximate surface area is 179 Å². The molecule has 0 N–H and O–H groups in total. The lowest BCUT2D eigenvalue weighted by molar-refractivity contribution is 0.0787. The summed E-state index contributed by atoms with van der Waals surface area (Å²) < 4.78 is 18.2. The Morgan fingerprint density at radius 2 is 2.03 bits per heavy atom. The first kappa shape index (κ1) is 19.2. The molecule has 0 radical (unpaired) electrons. The largest absolute Gasteiger partial charge is 0.463 e. The summed E-state index contributed by atoms with van der Waals surface area (Å²) in [5.74, 6) is 1.90. The Morgan fingerprint density at radius 1 is 1.19 bits per heavy atom. The SMILES string of the molecule is CC(C)n1ncc2c(C(=O)N(C)Cc3ccc4c(c3)OCO4)cc(-c3ccco3)nc21. The third kappa shape index (κ3) is 3.39. The predicted octanol–water partition coefficient (Wildman–Crippen LogP) is 4.27. The number of rotatable bonds is 5. The maximum absolute atomic E-state index is 13.5.